The molecule has 11 aromatic rings. The summed E-state index contributed by atoms with van der Waals surface area (Å²) in [5, 5.41) is 18.1. The van der Waals surface area contributed by atoms with Crippen LogP contribution in [-0.2, 0) is 16.2 Å². The van der Waals surface area contributed by atoms with E-state index in [0.29, 0.717) is 0 Å². The standard InChI is InChI=1S/C61H52N2/c1-59(2,3)48-23-24-62-57(34-48)46-27-49(60(4,5)6)33-50(28-46)61(7,8)56-32-47-31-55-51(56)22-21-38-16-19-44(30-53(38)55)42-14-10-12-40(26-42)39-11-9-13-41(25-39)43-18-15-37-17-20-45-36-63-58(47)35-54(45)52(37)29-43/h9-36H,1-8H3. The normalized spacial score (nSPS) is 12.8. The average molecular weight is 813 g/mol. The largest absolute Gasteiger partial charge is 0.256 e. The Morgan fingerprint density at radius 2 is 0.841 bits per heavy atom. The Labute approximate surface area is 369 Å². The van der Waals surface area contributed by atoms with Gasteiger partial charge in [0.05, 0.1) is 11.2 Å². The highest BCUT2D eigenvalue weighted by Gasteiger charge is 2.29. The highest BCUT2D eigenvalue weighted by molar-refractivity contribution is 6.16. The molecule has 11 rings (SSSR count). The second-order valence-corrected chi connectivity index (χ2v) is 20.4. The molecule has 0 atom stereocenters. The molecule has 9 aromatic carbocycles. The lowest BCUT2D eigenvalue weighted by atomic mass is 9.73. The molecule has 0 aliphatic heterocycles. The van der Waals surface area contributed by atoms with Gasteiger partial charge in [0.25, 0.3) is 0 Å². The van der Waals surface area contributed by atoms with E-state index in [0.717, 1.165) is 27.5 Å². The van der Waals surface area contributed by atoms with Gasteiger partial charge in [0, 0.05) is 34.1 Å². The first-order chi connectivity index (χ1) is 30.2. The van der Waals surface area contributed by atoms with Crippen molar-refractivity contribution in [3.8, 4) is 11.3 Å². The topological polar surface area (TPSA) is 25.8 Å². The molecule has 63 heavy (non-hydrogen) atoms. The lowest BCUT2D eigenvalue weighted by Gasteiger charge is -2.31. The lowest BCUT2D eigenvalue weighted by Crippen LogP contribution is -2.22. The van der Waals surface area contributed by atoms with Gasteiger partial charge in [-0.15, -0.1) is 0 Å². The molecular formula is C61H52N2. The summed E-state index contributed by atoms with van der Waals surface area (Å²) in [6.45, 7) is 18.6. The summed E-state index contributed by atoms with van der Waals surface area (Å²) in [6, 6.07) is 59.8. The van der Waals surface area contributed by atoms with Gasteiger partial charge in [-0.3, -0.25) is 9.97 Å². The summed E-state index contributed by atoms with van der Waals surface area (Å²) in [5.74, 6) is 0. The third-order valence-corrected chi connectivity index (χ3v) is 13.8. The molecule has 2 aromatic heterocycles. The van der Waals surface area contributed by atoms with Crippen LogP contribution in [0.4, 0.5) is 0 Å². The van der Waals surface area contributed by atoms with Crippen molar-refractivity contribution in [3.05, 3.63) is 192 Å². The average Bonchev–Trinajstić information content (AvgIpc) is 3.29. The van der Waals surface area contributed by atoms with Crippen LogP contribution in [0.15, 0.2) is 170 Å². The monoisotopic (exact) mass is 812 g/mol. The number of hydrogen-bond donors (Lipinski definition) is 0. The van der Waals surface area contributed by atoms with E-state index in [-0.39, 0.29) is 10.8 Å². The first kappa shape index (κ1) is 39.0. The molecule has 12 bridgehead atoms. The predicted molar refractivity (Wildman–Crippen MR) is 272 cm³/mol. The molecule has 0 aliphatic carbocycles. The fraction of sp³-hybridized carbons (Fsp3) is 0.180. The zero-order valence-electron chi connectivity index (χ0n) is 37.6. The van der Waals surface area contributed by atoms with Gasteiger partial charge in [0.1, 0.15) is 0 Å². The van der Waals surface area contributed by atoms with E-state index in [2.05, 4.69) is 219 Å². The zero-order chi connectivity index (χ0) is 43.4. The lowest BCUT2D eigenvalue weighted by molar-refractivity contribution is 0.582. The van der Waals surface area contributed by atoms with Crippen LogP contribution in [0.5, 0.6) is 0 Å². The van der Waals surface area contributed by atoms with Crippen LogP contribution in [0.1, 0.15) is 77.6 Å². The first-order valence-corrected chi connectivity index (χ1v) is 22.4. The highest BCUT2D eigenvalue weighted by atomic mass is 14.7. The third kappa shape index (κ3) is 6.72. The molecule has 0 fully saturated rings. The van der Waals surface area contributed by atoms with Crippen LogP contribution in [0.2, 0.25) is 0 Å². The smallest absolute Gasteiger partial charge is 0.0708 e. The van der Waals surface area contributed by atoms with Crippen LogP contribution in [0.25, 0.3) is 97.6 Å². The number of hydrogen-bond acceptors (Lipinski definition) is 2. The highest BCUT2D eigenvalue weighted by Crippen LogP contribution is 2.43. The van der Waals surface area contributed by atoms with Gasteiger partial charge in [0.2, 0.25) is 0 Å². The van der Waals surface area contributed by atoms with E-state index in [1.54, 1.807) is 0 Å². The Morgan fingerprint density at radius 3 is 1.46 bits per heavy atom. The second-order valence-electron chi connectivity index (χ2n) is 20.4. The Morgan fingerprint density at radius 1 is 0.333 bits per heavy atom. The van der Waals surface area contributed by atoms with Crippen LogP contribution in [0.3, 0.4) is 0 Å². The van der Waals surface area contributed by atoms with Gasteiger partial charge in [-0.05, 0) is 170 Å². The van der Waals surface area contributed by atoms with Crippen LogP contribution in [0, 0.1) is 0 Å². The molecular weight excluding hydrogens is 761 g/mol. The van der Waals surface area contributed by atoms with E-state index in [1.807, 2.05) is 6.20 Å². The number of fused-ring (bicyclic) bond motifs is 12. The van der Waals surface area contributed by atoms with Crippen molar-refractivity contribution in [1.82, 2.24) is 9.97 Å². The van der Waals surface area contributed by atoms with E-state index in [9.17, 15) is 0 Å². The Hall–Kier alpha value is -6.90. The molecule has 0 unspecified atom stereocenters. The molecule has 0 radical (unpaired) electrons. The van der Waals surface area contributed by atoms with Crippen molar-refractivity contribution in [2.75, 3.05) is 0 Å². The van der Waals surface area contributed by atoms with Gasteiger partial charge in [-0.25, -0.2) is 0 Å². The van der Waals surface area contributed by atoms with Crippen LogP contribution < -0.4 is 0 Å². The molecule has 306 valence electrons. The van der Waals surface area contributed by atoms with Crippen molar-refractivity contribution in [2.24, 2.45) is 0 Å². The predicted octanol–water partition coefficient (Wildman–Crippen LogP) is 16.9. The van der Waals surface area contributed by atoms with Gasteiger partial charge < -0.3 is 0 Å². The Balaban J connectivity index is 1.27. The number of benzene rings is 8. The van der Waals surface area contributed by atoms with Gasteiger partial charge in [-0.1, -0.05) is 146 Å². The molecule has 2 heterocycles. The van der Waals surface area contributed by atoms with Crippen LogP contribution >= 0.6 is 0 Å². The maximum atomic E-state index is 5.24. The van der Waals surface area contributed by atoms with Crippen molar-refractivity contribution in [2.45, 2.75) is 71.6 Å². The maximum absolute atomic E-state index is 5.24. The molecule has 2 nitrogen and oxygen atoms in total. The summed E-state index contributed by atoms with van der Waals surface area (Å²) in [5.41, 5.74) is 7.77. The summed E-state index contributed by atoms with van der Waals surface area (Å²) >= 11 is 0. The van der Waals surface area contributed by atoms with Crippen LogP contribution in [-0.4, -0.2) is 9.97 Å². The zero-order valence-corrected chi connectivity index (χ0v) is 37.6. The molecule has 0 saturated heterocycles. The van der Waals surface area contributed by atoms with E-state index in [1.165, 1.54) is 92.3 Å². The molecule has 2 heteroatoms. The Kier molecular flexibility index (Phi) is 8.70. The van der Waals surface area contributed by atoms with E-state index >= 15 is 0 Å². The van der Waals surface area contributed by atoms with Gasteiger partial charge in [-0.2, -0.15) is 0 Å². The minimum atomic E-state index is -0.409. The first-order valence-electron chi connectivity index (χ1n) is 22.4. The number of rotatable bonds is 3. The summed E-state index contributed by atoms with van der Waals surface area (Å²) in [6.07, 6.45) is 4.04. The number of nitrogens with zero attached hydrogens (tertiary/aromatic N) is 2. The fourth-order valence-electron chi connectivity index (χ4n) is 9.83. The third-order valence-electron chi connectivity index (χ3n) is 13.8. The van der Waals surface area contributed by atoms with Gasteiger partial charge >= 0.3 is 0 Å². The Bertz CT molecular complexity index is 3730. The quantitative estimate of drug-likeness (QED) is 0.166. The SMILES string of the molecule is CC(C)(C)c1cc(-c2cc(C(C)(C)C)ccn2)cc(C(C)(C)c2cc3cc4c2ccc2ccc(cc24)c2cccc(c2)c2cccc(c2)c2ccc4ccc5cnc3cc5c4c2)c1. The maximum Gasteiger partial charge on any atom is 0.0708 e. The molecule has 0 aliphatic rings. The molecule has 0 spiro atoms. The van der Waals surface area contributed by atoms with E-state index < -0.39 is 5.41 Å². The summed E-state index contributed by atoms with van der Waals surface area (Å²) < 4.78 is 0. The van der Waals surface area contributed by atoms with Crippen molar-refractivity contribution in [3.63, 3.8) is 0 Å². The molecule has 0 saturated carbocycles. The summed E-state index contributed by atoms with van der Waals surface area (Å²) in [4.78, 5) is 10.2. The molecule has 0 amide bonds. The number of pyridine rings is 2. The number of aromatic nitrogens is 2. The van der Waals surface area contributed by atoms with E-state index in [4.69, 9.17) is 9.97 Å². The van der Waals surface area contributed by atoms with Crippen molar-refractivity contribution < 1.29 is 0 Å². The molecule has 0 N–H and O–H groups in total. The van der Waals surface area contributed by atoms with Crippen molar-refractivity contribution in [1.29, 1.82) is 0 Å². The van der Waals surface area contributed by atoms with Gasteiger partial charge in [0.15, 0.2) is 0 Å². The second kappa shape index (κ2) is 14.1. The minimum absolute atomic E-state index is 0.0125. The summed E-state index contributed by atoms with van der Waals surface area (Å²) in [7, 11) is 0. The van der Waals surface area contributed by atoms with Crippen molar-refractivity contribution >= 4 is 86.3 Å². The fourth-order valence-corrected chi connectivity index (χ4v) is 9.83. The minimum Gasteiger partial charge on any atom is -0.256 e.